The van der Waals surface area contributed by atoms with Crippen molar-refractivity contribution in [2.75, 3.05) is 6.61 Å². The first-order valence-corrected chi connectivity index (χ1v) is 6.58. The molecule has 94 valence electrons. The van der Waals surface area contributed by atoms with E-state index in [1.807, 2.05) is 55.5 Å². The number of aliphatic hydroxyl groups is 1. The van der Waals surface area contributed by atoms with Gasteiger partial charge in [-0.05, 0) is 36.2 Å². The minimum Gasteiger partial charge on any atom is -0.490 e. The molecule has 0 fully saturated rings. The minimum atomic E-state index is -0.606. The van der Waals surface area contributed by atoms with Crippen molar-refractivity contribution in [3.8, 4) is 5.75 Å². The monoisotopic (exact) mass is 306 g/mol. The summed E-state index contributed by atoms with van der Waals surface area (Å²) >= 11 is 3.38. The molecule has 0 radical (unpaired) electrons. The molecule has 18 heavy (non-hydrogen) atoms. The second-order valence-corrected chi connectivity index (χ2v) is 5.06. The number of ether oxygens (including phenoxy) is 1. The Morgan fingerprint density at radius 1 is 1.17 bits per heavy atom. The van der Waals surface area contributed by atoms with Crippen LogP contribution in [-0.4, -0.2) is 11.7 Å². The lowest BCUT2D eigenvalue weighted by Crippen LogP contribution is -2.10. The van der Waals surface area contributed by atoms with E-state index in [-0.39, 0.29) is 6.61 Å². The third-order valence-corrected chi connectivity index (χ3v) is 3.24. The Kier molecular flexibility index (Phi) is 4.39. The van der Waals surface area contributed by atoms with Gasteiger partial charge in [0.25, 0.3) is 0 Å². The van der Waals surface area contributed by atoms with Gasteiger partial charge in [0.15, 0.2) is 0 Å². The fraction of sp³-hybridized carbons (Fsp3) is 0.200. The van der Waals surface area contributed by atoms with Crippen LogP contribution in [0.5, 0.6) is 5.75 Å². The average Bonchev–Trinajstić information content (AvgIpc) is 2.37. The molecule has 0 saturated carbocycles. The van der Waals surface area contributed by atoms with Crippen LogP contribution in [-0.2, 0) is 0 Å². The van der Waals surface area contributed by atoms with Crippen molar-refractivity contribution in [3.63, 3.8) is 0 Å². The SMILES string of the molecule is Cc1ccccc1C(O)COc1cccc(Br)c1. The maximum absolute atomic E-state index is 10.1. The summed E-state index contributed by atoms with van der Waals surface area (Å²) in [5.41, 5.74) is 1.98. The Hall–Kier alpha value is -1.32. The van der Waals surface area contributed by atoms with Crippen LogP contribution in [0.25, 0.3) is 0 Å². The molecule has 0 aliphatic rings. The maximum Gasteiger partial charge on any atom is 0.120 e. The van der Waals surface area contributed by atoms with E-state index in [1.165, 1.54) is 0 Å². The molecule has 0 aromatic heterocycles. The van der Waals surface area contributed by atoms with Crippen LogP contribution >= 0.6 is 15.9 Å². The number of benzene rings is 2. The molecule has 2 rings (SSSR count). The van der Waals surface area contributed by atoms with Gasteiger partial charge < -0.3 is 9.84 Å². The third-order valence-electron chi connectivity index (χ3n) is 2.75. The summed E-state index contributed by atoms with van der Waals surface area (Å²) in [4.78, 5) is 0. The molecule has 0 aliphatic heterocycles. The number of rotatable bonds is 4. The molecule has 0 heterocycles. The summed E-state index contributed by atoms with van der Waals surface area (Å²) in [5, 5.41) is 10.1. The standard InChI is InChI=1S/C15H15BrO2/c1-11-5-2-3-8-14(11)15(17)10-18-13-7-4-6-12(16)9-13/h2-9,15,17H,10H2,1H3. The number of aryl methyl sites for hydroxylation is 1. The molecule has 2 nitrogen and oxygen atoms in total. The highest BCUT2D eigenvalue weighted by molar-refractivity contribution is 9.10. The van der Waals surface area contributed by atoms with Crippen molar-refractivity contribution in [2.24, 2.45) is 0 Å². The van der Waals surface area contributed by atoms with Crippen molar-refractivity contribution >= 4 is 15.9 Å². The van der Waals surface area contributed by atoms with Crippen molar-refractivity contribution in [1.29, 1.82) is 0 Å². The van der Waals surface area contributed by atoms with Crippen LogP contribution in [0.3, 0.4) is 0 Å². The van der Waals surface area contributed by atoms with Gasteiger partial charge >= 0.3 is 0 Å². The van der Waals surface area contributed by atoms with E-state index in [2.05, 4.69) is 15.9 Å². The van der Waals surface area contributed by atoms with Crippen molar-refractivity contribution < 1.29 is 9.84 Å². The normalized spacial score (nSPS) is 12.2. The molecule has 1 N–H and O–H groups in total. The smallest absolute Gasteiger partial charge is 0.120 e. The molecule has 3 heteroatoms. The molecule has 0 saturated heterocycles. The third kappa shape index (κ3) is 3.34. The van der Waals surface area contributed by atoms with E-state index in [1.54, 1.807) is 0 Å². The molecule has 1 atom stereocenters. The molecular weight excluding hydrogens is 292 g/mol. The Balaban J connectivity index is 2.00. The van der Waals surface area contributed by atoms with E-state index in [0.717, 1.165) is 21.3 Å². The molecular formula is C15H15BrO2. The predicted molar refractivity (Wildman–Crippen MR) is 75.8 cm³/mol. The maximum atomic E-state index is 10.1. The highest BCUT2D eigenvalue weighted by Gasteiger charge is 2.10. The largest absolute Gasteiger partial charge is 0.490 e. The number of hydrogen-bond acceptors (Lipinski definition) is 2. The van der Waals surface area contributed by atoms with Crippen LogP contribution in [0.1, 0.15) is 17.2 Å². The lowest BCUT2D eigenvalue weighted by molar-refractivity contribution is 0.107. The van der Waals surface area contributed by atoms with Gasteiger partial charge in [0, 0.05) is 4.47 Å². The molecule has 2 aromatic carbocycles. The molecule has 1 unspecified atom stereocenters. The Labute approximate surface area is 115 Å². The van der Waals surface area contributed by atoms with Crippen LogP contribution < -0.4 is 4.74 Å². The zero-order chi connectivity index (χ0) is 13.0. The summed E-state index contributed by atoms with van der Waals surface area (Å²) in [6, 6.07) is 15.4. The van der Waals surface area contributed by atoms with Crippen LogP contribution in [0.15, 0.2) is 53.0 Å². The molecule has 0 bridgehead atoms. The zero-order valence-electron chi connectivity index (χ0n) is 10.1. The van der Waals surface area contributed by atoms with E-state index in [4.69, 9.17) is 4.74 Å². The van der Waals surface area contributed by atoms with E-state index in [9.17, 15) is 5.11 Å². The summed E-state index contributed by atoms with van der Waals surface area (Å²) in [6.07, 6.45) is -0.606. The number of halogens is 1. The summed E-state index contributed by atoms with van der Waals surface area (Å²) in [6.45, 7) is 2.24. The van der Waals surface area contributed by atoms with Gasteiger partial charge in [0.2, 0.25) is 0 Å². The van der Waals surface area contributed by atoms with Gasteiger partial charge in [0.05, 0.1) is 0 Å². The zero-order valence-corrected chi connectivity index (χ0v) is 11.7. The van der Waals surface area contributed by atoms with Crippen LogP contribution in [0.2, 0.25) is 0 Å². The summed E-state index contributed by atoms with van der Waals surface area (Å²) in [7, 11) is 0. The predicted octanol–water partition coefficient (Wildman–Crippen LogP) is 3.87. The van der Waals surface area contributed by atoms with Gasteiger partial charge in [-0.2, -0.15) is 0 Å². The second kappa shape index (κ2) is 6.03. The van der Waals surface area contributed by atoms with Crippen molar-refractivity contribution in [1.82, 2.24) is 0 Å². The Morgan fingerprint density at radius 2 is 1.94 bits per heavy atom. The first-order chi connectivity index (χ1) is 8.66. The quantitative estimate of drug-likeness (QED) is 0.929. The summed E-state index contributed by atoms with van der Waals surface area (Å²) in [5.74, 6) is 0.747. The highest BCUT2D eigenvalue weighted by Crippen LogP contribution is 2.21. The van der Waals surface area contributed by atoms with Gasteiger partial charge in [-0.3, -0.25) is 0 Å². The van der Waals surface area contributed by atoms with Crippen LogP contribution in [0.4, 0.5) is 0 Å². The number of hydrogen-bond donors (Lipinski definition) is 1. The fourth-order valence-electron chi connectivity index (χ4n) is 1.78. The van der Waals surface area contributed by atoms with E-state index < -0.39 is 6.10 Å². The van der Waals surface area contributed by atoms with E-state index >= 15 is 0 Å². The fourth-order valence-corrected chi connectivity index (χ4v) is 2.16. The van der Waals surface area contributed by atoms with Crippen molar-refractivity contribution in [2.45, 2.75) is 13.0 Å². The Morgan fingerprint density at radius 3 is 2.67 bits per heavy atom. The number of aliphatic hydroxyl groups excluding tert-OH is 1. The van der Waals surface area contributed by atoms with Crippen LogP contribution in [0, 0.1) is 6.92 Å². The molecule has 2 aromatic rings. The van der Waals surface area contributed by atoms with Crippen molar-refractivity contribution in [3.05, 3.63) is 64.1 Å². The Bertz CT molecular complexity index is 525. The van der Waals surface area contributed by atoms with Gasteiger partial charge in [0.1, 0.15) is 18.5 Å². The lowest BCUT2D eigenvalue weighted by Gasteiger charge is -2.14. The second-order valence-electron chi connectivity index (χ2n) is 4.14. The average molecular weight is 307 g/mol. The van der Waals surface area contributed by atoms with E-state index in [0.29, 0.717) is 0 Å². The molecule has 0 aliphatic carbocycles. The first-order valence-electron chi connectivity index (χ1n) is 5.79. The molecule has 0 spiro atoms. The van der Waals surface area contributed by atoms with Gasteiger partial charge in [-0.15, -0.1) is 0 Å². The highest BCUT2D eigenvalue weighted by atomic mass is 79.9. The van der Waals surface area contributed by atoms with Gasteiger partial charge in [-0.25, -0.2) is 0 Å². The lowest BCUT2D eigenvalue weighted by atomic mass is 10.0. The van der Waals surface area contributed by atoms with Gasteiger partial charge in [-0.1, -0.05) is 46.3 Å². The first kappa shape index (κ1) is 13.1. The molecule has 0 amide bonds. The minimum absolute atomic E-state index is 0.251. The topological polar surface area (TPSA) is 29.5 Å². The summed E-state index contributed by atoms with van der Waals surface area (Å²) < 4.78 is 6.54.